The number of ketones is 1. The highest BCUT2D eigenvalue weighted by atomic mass is 16.5. The largest absolute Gasteiger partial charge is 0.493 e. The first-order chi connectivity index (χ1) is 8.15. The van der Waals surface area contributed by atoms with Crippen molar-refractivity contribution >= 4 is 16.8 Å². The lowest BCUT2D eigenvalue weighted by molar-refractivity contribution is 0.0993. The van der Waals surface area contributed by atoms with Crippen LogP contribution in [0.4, 0.5) is 0 Å². The van der Waals surface area contributed by atoms with Crippen LogP contribution in [0.15, 0.2) is 22.6 Å². The van der Waals surface area contributed by atoms with Gasteiger partial charge in [0.2, 0.25) is 0 Å². The van der Waals surface area contributed by atoms with Crippen LogP contribution in [0.2, 0.25) is 0 Å². The molecule has 0 aliphatic carbocycles. The van der Waals surface area contributed by atoms with Gasteiger partial charge in [-0.15, -0.1) is 0 Å². The van der Waals surface area contributed by atoms with Crippen molar-refractivity contribution in [1.29, 1.82) is 0 Å². The first-order valence-corrected chi connectivity index (χ1v) is 5.41. The molecule has 1 aromatic heterocycles. The van der Waals surface area contributed by atoms with Gasteiger partial charge in [0.15, 0.2) is 17.1 Å². The molecule has 0 saturated heterocycles. The van der Waals surface area contributed by atoms with E-state index in [2.05, 4.69) is 5.32 Å². The lowest BCUT2D eigenvalue weighted by atomic mass is 10.1. The maximum Gasteiger partial charge on any atom is 0.176 e. The Morgan fingerprint density at radius 3 is 2.82 bits per heavy atom. The van der Waals surface area contributed by atoms with E-state index in [1.165, 1.54) is 0 Å². The summed E-state index contributed by atoms with van der Waals surface area (Å²) >= 11 is 0. The van der Waals surface area contributed by atoms with E-state index >= 15 is 0 Å². The van der Waals surface area contributed by atoms with E-state index in [9.17, 15) is 4.79 Å². The number of hydrogen-bond acceptors (Lipinski definition) is 4. The number of furan rings is 1. The van der Waals surface area contributed by atoms with E-state index in [0.29, 0.717) is 23.4 Å². The third-order valence-corrected chi connectivity index (χ3v) is 2.58. The van der Waals surface area contributed by atoms with Gasteiger partial charge >= 0.3 is 0 Å². The molecule has 0 atom stereocenters. The molecule has 90 valence electrons. The Hall–Kier alpha value is -1.81. The van der Waals surface area contributed by atoms with Gasteiger partial charge < -0.3 is 14.5 Å². The number of fused-ring (bicyclic) bond motifs is 1. The van der Waals surface area contributed by atoms with Crippen LogP contribution in [0.3, 0.4) is 0 Å². The molecule has 4 nitrogen and oxygen atoms in total. The maximum absolute atomic E-state index is 11.8. The molecule has 0 bridgehead atoms. The van der Waals surface area contributed by atoms with Gasteiger partial charge in [-0.05, 0) is 32.2 Å². The molecule has 0 unspecified atom stereocenters. The molecule has 0 aliphatic heterocycles. The van der Waals surface area contributed by atoms with E-state index in [0.717, 1.165) is 11.1 Å². The lowest BCUT2D eigenvalue weighted by Gasteiger charge is -2.04. The summed E-state index contributed by atoms with van der Waals surface area (Å²) in [6.07, 6.45) is 0. The van der Waals surface area contributed by atoms with Crippen LogP contribution >= 0.6 is 0 Å². The predicted molar refractivity (Wildman–Crippen MR) is 65.8 cm³/mol. The summed E-state index contributed by atoms with van der Waals surface area (Å²) in [6, 6.07) is 5.44. The van der Waals surface area contributed by atoms with Crippen LogP contribution in [0.25, 0.3) is 11.0 Å². The third kappa shape index (κ3) is 2.17. The number of likely N-dealkylation sites (N-methyl/N-ethyl adjacent to an activating group) is 1. The zero-order chi connectivity index (χ0) is 12.4. The molecule has 0 radical (unpaired) electrons. The summed E-state index contributed by atoms with van der Waals surface area (Å²) in [4.78, 5) is 11.8. The highest BCUT2D eigenvalue weighted by molar-refractivity contribution is 6.02. The maximum atomic E-state index is 11.8. The molecule has 4 heteroatoms. The second-order valence-corrected chi connectivity index (χ2v) is 3.91. The molecule has 0 fully saturated rings. The van der Waals surface area contributed by atoms with Gasteiger partial charge in [-0.3, -0.25) is 4.79 Å². The third-order valence-electron chi connectivity index (χ3n) is 2.58. The Morgan fingerprint density at radius 1 is 1.41 bits per heavy atom. The van der Waals surface area contributed by atoms with Crippen molar-refractivity contribution in [1.82, 2.24) is 5.32 Å². The Bertz CT molecular complexity index is 557. The molecule has 1 heterocycles. The number of hydrogen-bond donors (Lipinski definition) is 1. The van der Waals surface area contributed by atoms with Crippen molar-refractivity contribution in [2.75, 3.05) is 20.7 Å². The van der Waals surface area contributed by atoms with E-state index < -0.39 is 0 Å². The minimum absolute atomic E-state index is 0.0338. The van der Waals surface area contributed by atoms with Crippen molar-refractivity contribution in [3.63, 3.8) is 0 Å². The van der Waals surface area contributed by atoms with Crippen LogP contribution in [0.1, 0.15) is 16.1 Å². The van der Waals surface area contributed by atoms with Gasteiger partial charge in [-0.25, -0.2) is 0 Å². The Morgan fingerprint density at radius 2 is 2.18 bits per heavy atom. The molecule has 0 amide bonds. The van der Waals surface area contributed by atoms with Gasteiger partial charge in [0.25, 0.3) is 0 Å². The van der Waals surface area contributed by atoms with E-state index in [4.69, 9.17) is 9.15 Å². The van der Waals surface area contributed by atoms with Crippen molar-refractivity contribution < 1.29 is 13.9 Å². The first-order valence-electron chi connectivity index (χ1n) is 5.41. The van der Waals surface area contributed by atoms with Crippen LogP contribution in [-0.2, 0) is 0 Å². The van der Waals surface area contributed by atoms with Gasteiger partial charge in [0.1, 0.15) is 5.76 Å². The van der Waals surface area contributed by atoms with E-state index in [1.807, 2.05) is 19.1 Å². The number of carbonyl (C=O) groups excluding carboxylic acids is 1. The highest BCUT2D eigenvalue weighted by Gasteiger charge is 2.13. The second-order valence-electron chi connectivity index (χ2n) is 3.91. The molecule has 1 N–H and O–H groups in total. The summed E-state index contributed by atoms with van der Waals surface area (Å²) in [5.41, 5.74) is 1.32. The minimum Gasteiger partial charge on any atom is -0.493 e. The van der Waals surface area contributed by atoms with E-state index in [-0.39, 0.29) is 5.78 Å². The summed E-state index contributed by atoms with van der Waals surface area (Å²) in [6.45, 7) is 2.18. The summed E-state index contributed by atoms with van der Waals surface area (Å²) < 4.78 is 10.8. The zero-order valence-corrected chi connectivity index (χ0v) is 10.2. The van der Waals surface area contributed by atoms with Gasteiger partial charge in [-0.1, -0.05) is 0 Å². The smallest absolute Gasteiger partial charge is 0.176 e. The normalized spacial score (nSPS) is 10.8. The van der Waals surface area contributed by atoms with Crippen LogP contribution in [0.5, 0.6) is 5.75 Å². The summed E-state index contributed by atoms with van der Waals surface area (Å²) in [5, 5.41) is 3.73. The van der Waals surface area contributed by atoms with Gasteiger partial charge in [0, 0.05) is 10.9 Å². The van der Waals surface area contributed by atoms with Crippen molar-refractivity contribution in [2.45, 2.75) is 6.92 Å². The number of aryl methyl sites for hydroxylation is 1. The van der Waals surface area contributed by atoms with Crippen molar-refractivity contribution in [3.8, 4) is 5.75 Å². The lowest BCUT2D eigenvalue weighted by Crippen LogP contribution is -2.18. The fourth-order valence-electron chi connectivity index (χ4n) is 1.82. The fourth-order valence-corrected chi connectivity index (χ4v) is 1.82. The number of Topliss-reactive ketones (excluding diaryl/α,β-unsaturated/α-hetero) is 1. The van der Waals surface area contributed by atoms with Crippen LogP contribution in [0, 0.1) is 6.92 Å². The molecule has 1 aromatic carbocycles. The average Bonchev–Trinajstić information content (AvgIpc) is 2.68. The molecule has 0 aliphatic rings. The van der Waals surface area contributed by atoms with Crippen molar-refractivity contribution in [2.24, 2.45) is 0 Å². The van der Waals surface area contributed by atoms with Crippen molar-refractivity contribution in [3.05, 3.63) is 29.5 Å². The number of benzene rings is 1. The zero-order valence-electron chi connectivity index (χ0n) is 10.2. The first kappa shape index (κ1) is 11.7. The SMILES string of the molecule is CNCC(=O)c1cc(OC)c2oc(C)cc2c1. The number of methoxy groups -OCH3 is 1. The highest BCUT2D eigenvalue weighted by Crippen LogP contribution is 2.30. The monoisotopic (exact) mass is 233 g/mol. The average molecular weight is 233 g/mol. The number of carbonyl (C=O) groups is 1. The van der Waals surface area contributed by atoms with Gasteiger partial charge in [0.05, 0.1) is 13.7 Å². The van der Waals surface area contributed by atoms with E-state index in [1.54, 1.807) is 20.2 Å². The molecule has 17 heavy (non-hydrogen) atoms. The molecule has 0 saturated carbocycles. The predicted octanol–water partition coefficient (Wildman–Crippen LogP) is 2.15. The standard InChI is InChI=1S/C13H15NO3/c1-8-4-10-5-9(11(15)7-14-2)6-12(16-3)13(10)17-8/h4-6,14H,7H2,1-3H3. The molecule has 2 rings (SSSR count). The molecular formula is C13H15NO3. The number of ether oxygens (including phenoxy) is 1. The summed E-state index contributed by atoms with van der Waals surface area (Å²) in [5.74, 6) is 1.43. The van der Waals surface area contributed by atoms with Gasteiger partial charge in [-0.2, -0.15) is 0 Å². The molecule has 0 spiro atoms. The Labute approximate surface area is 99.6 Å². The minimum atomic E-state index is 0.0338. The quantitative estimate of drug-likeness (QED) is 0.822. The Kier molecular flexibility index (Phi) is 3.15. The molecule has 2 aromatic rings. The molecular weight excluding hydrogens is 218 g/mol. The second kappa shape index (κ2) is 4.59. The van der Waals surface area contributed by atoms with Crippen LogP contribution < -0.4 is 10.1 Å². The summed E-state index contributed by atoms with van der Waals surface area (Å²) in [7, 11) is 3.31. The number of rotatable bonds is 4. The Balaban J connectivity index is 2.55. The number of nitrogens with one attached hydrogen (secondary N) is 1. The van der Waals surface area contributed by atoms with Crippen LogP contribution in [-0.4, -0.2) is 26.5 Å². The topological polar surface area (TPSA) is 51.5 Å². The fraction of sp³-hybridized carbons (Fsp3) is 0.308.